The van der Waals surface area contributed by atoms with Gasteiger partial charge in [0.2, 0.25) is 0 Å². The van der Waals surface area contributed by atoms with E-state index in [0.717, 1.165) is 27.9 Å². The van der Waals surface area contributed by atoms with Crippen molar-refractivity contribution in [2.24, 2.45) is 0 Å². The zero-order chi connectivity index (χ0) is 15.0. The Hall–Kier alpha value is -2.13. The molecule has 2 nitrogen and oxygen atoms in total. The van der Waals surface area contributed by atoms with Gasteiger partial charge in [-0.3, -0.25) is 0 Å². The lowest BCUT2D eigenvalue weighted by Crippen LogP contribution is -2.17. The number of hydrogen-bond acceptors (Lipinski definition) is 2. The van der Waals surface area contributed by atoms with Crippen LogP contribution in [0.1, 0.15) is 28.5 Å². The van der Waals surface area contributed by atoms with Gasteiger partial charge < -0.3 is 9.73 Å². The van der Waals surface area contributed by atoms with E-state index in [-0.39, 0.29) is 11.9 Å². The maximum Gasteiger partial charge on any atom is 0.134 e. The van der Waals surface area contributed by atoms with E-state index in [1.54, 1.807) is 6.07 Å². The topological polar surface area (TPSA) is 25.2 Å². The molecule has 3 aromatic rings. The van der Waals surface area contributed by atoms with Crippen molar-refractivity contribution in [3.05, 3.63) is 70.7 Å². The van der Waals surface area contributed by atoms with Gasteiger partial charge >= 0.3 is 0 Å². The molecule has 0 aliphatic rings. The van der Waals surface area contributed by atoms with E-state index in [1.165, 1.54) is 17.7 Å². The molecule has 0 amide bonds. The fourth-order valence-corrected chi connectivity index (χ4v) is 2.79. The highest BCUT2D eigenvalue weighted by atomic mass is 19.1. The molecule has 1 heterocycles. The predicted molar refractivity (Wildman–Crippen MR) is 83.0 cm³/mol. The van der Waals surface area contributed by atoms with Crippen molar-refractivity contribution in [2.45, 2.75) is 19.9 Å². The molecule has 0 saturated carbocycles. The lowest BCUT2D eigenvalue weighted by atomic mass is 9.99. The van der Waals surface area contributed by atoms with Gasteiger partial charge in [0, 0.05) is 10.9 Å². The van der Waals surface area contributed by atoms with Crippen molar-refractivity contribution in [2.75, 3.05) is 7.05 Å². The summed E-state index contributed by atoms with van der Waals surface area (Å²) in [4.78, 5) is 0. The number of furan rings is 1. The molecule has 0 fully saturated rings. The normalized spacial score (nSPS) is 12.8. The Morgan fingerprint density at radius 1 is 1.10 bits per heavy atom. The lowest BCUT2D eigenvalue weighted by Gasteiger charge is -2.15. The Morgan fingerprint density at radius 2 is 1.90 bits per heavy atom. The van der Waals surface area contributed by atoms with E-state index in [2.05, 4.69) is 30.4 Å². The third-order valence-corrected chi connectivity index (χ3v) is 3.86. The zero-order valence-electron chi connectivity index (χ0n) is 12.4. The monoisotopic (exact) mass is 283 g/mol. The highest BCUT2D eigenvalue weighted by Crippen LogP contribution is 2.33. The number of hydrogen-bond donors (Lipinski definition) is 1. The highest BCUT2D eigenvalue weighted by molar-refractivity contribution is 5.82. The molecule has 108 valence electrons. The first-order chi connectivity index (χ1) is 10.1. The highest BCUT2D eigenvalue weighted by Gasteiger charge is 2.21. The van der Waals surface area contributed by atoms with Crippen molar-refractivity contribution >= 4 is 11.0 Å². The van der Waals surface area contributed by atoms with Crippen LogP contribution in [-0.2, 0) is 0 Å². The second kappa shape index (κ2) is 5.34. The summed E-state index contributed by atoms with van der Waals surface area (Å²) in [7, 11) is 1.90. The van der Waals surface area contributed by atoms with Crippen molar-refractivity contribution < 1.29 is 8.81 Å². The standard InChI is InChI=1S/C18H18FNO/c1-11-5-4-6-13(9-11)17(20-3)18-12(2)15-10-14(19)7-8-16(15)21-18/h4-10,17,20H,1-3H3. The smallest absolute Gasteiger partial charge is 0.134 e. The molecule has 2 aromatic carbocycles. The molecular formula is C18H18FNO. The molecule has 21 heavy (non-hydrogen) atoms. The van der Waals surface area contributed by atoms with Gasteiger partial charge in [-0.05, 0) is 44.7 Å². The summed E-state index contributed by atoms with van der Waals surface area (Å²) in [6.45, 7) is 4.04. The average Bonchev–Trinajstić information content (AvgIpc) is 2.77. The molecule has 0 bridgehead atoms. The van der Waals surface area contributed by atoms with Gasteiger partial charge in [0.15, 0.2) is 0 Å². The van der Waals surface area contributed by atoms with E-state index >= 15 is 0 Å². The van der Waals surface area contributed by atoms with Crippen LogP contribution in [0.4, 0.5) is 4.39 Å². The van der Waals surface area contributed by atoms with E-state index in [0.29, 0.717) is 0 Å². The van der Waals surface area contributed by atoms with Gasteiger partial charge in [-0.15, -0.1) is 0 Å². The van der Waals surface area contributed by atoms with Crippen LogP contribution in [0.5, 0.6) is 0 Å². The molecule has 0 saturated heterocycles. The molecule has 0 aliphatic heterocycles. The Labute approximate surface area is 123 Å². The molecule has 0 spiro atoms. The molecular weight excluding hydrogens is 265 g/mol. The van der Waals surface area contributed by atoms with E-state index < -0.39 is 0 Å². The maximum atomic E-state index is 13.4. The van der Waals surface area contributed by atoms with Crippen LogP contribution in [0.2, 0.25) is 0 Å². The quantitative estimate of drug-likeness (QED) is 0.765. The number of rotatable bonds is 3. The van der Waals surface area contributed by atoms with Crippen LogP contribution in [-0.4, -0.2) is 7.05 Å². The third-order valence-electron chi connectivity index (χ3n) is 3.86. The van der Waals surface area contributed by atoms with Crippen LogP contribution >= 0.6 is 0 Å². The van der Waals surface area contributed by atoms with E-state index in [1.807, 2.05) is 20.0 Å². The fourth-order valence-electron chi connectivity index (χ4n) is 2.79. The summed E-state index contributed by atoms with van der Waals surface area (Å²) in [6.07, 6.45) is 0. The first kappa shape index (κ1) is 13.8. The molecule has 1 atom stereocenters. The minimum absolute atomic E-state index is 0.0413. The molecule has 0 aliphatic carbocycles. The van der Waals surface area contributed by atoms with Gasteiger partial charge in [-0.1, -0.05) is 29.8 Å². The molecule has 3 rings (SSSR count). The average molecular weight is 283 g/mol. The van der Waals surface area contributed by atoms with Crippen LogP contribution < -0.4 is 5.32 Å². The Balaban J connectivity index is 2.15. The minimum atomic E-state index is -0.241. The summed E-state index contributed by atoms with van der Waals surface area (Å²) >= 11 is 0. The fraction of sp³-hybridized carbons (Fsp3) is 0.222. The number of aryl methyl sites for hydroxylation is 2. The largest absolute Gasteiger partial charge is 0.459 e. The van der Waals surface area contributed by atoms with E-state index in [4.69, 9.17) is 4.42 Å². The van der Waals surface area contributed by atoms with Crippen LogP contribution in [0.3, 0.4) is 0 Å². The second-order valence-electron chi connectivity index (χ2n) is 5.37. The van der Waals surface area contributed by atoms with Gasteiger partial charge in [0.1, 0.15) is 17.2 Å². The van der Waals surface area contributed by atoms with Crippen molar-refractivity contribution in [1.82, 2.24) is 5.32 Å². The molecule has 0 radical (unpaired) electrons. The summed E-state index contributed by atoms with van der Waals surface area (Å²) in [5.41, 5.74) is 4.04. The van der Waals surface area contributed by atoms with E-state index in [9.17, 15) is 4.39 Å². The number of halogens is 1. The third kappa shape index (κ3) is 2.45. The predicted octanol–water partition coefficient (Wildman–Crippen LogP) is 4.50. The molecule has 1 unspecified atom stereocenters. The number of fused-ring (bicyclic) bond motifs is 1. The van der Waals surface area contributed by atoms with Gasteiger partial charge in [0.05, 0.1) is 6.04 Å². The number of benzene rings is 2. The SMILES string of the molecule is CNC(c1cccc(C)c1)c1oc2ccc(F)cc2c1C. The maximum absolute atomic E-state index is 13.4. The number of nitrogens with one attached hydrogen (secondary N) is 1. The van der Waals surface area contributed by atoms with Crippen LogP contribution in [0.15, 0.2) is 46.9 Å². The van der Waals surface area contributed by atoms with Gasteiger partial charge in [-0.2, -0.15) is 0 Å². The summed E-state index contributed by atoms with van der Waals surface area (Å²) in [5, 5.41) is 4.12. The Kier molecular flexibility index (Phi) is 3.52. The second-order valence-corrected chi connectivity index (χ2v) is 5.37. The lowest BCUT2D eigenvalue weighted by molar-refractivity contribution is 0.487. The van der Waals surface area contributed by atoms with Gasteiger partial charge in [-0.25, -0.2) is 4.39 Å². The minimum Gasteiger partial charge on any atom is -0.459 e. The molecule has 1 N–H and O–H groups in total. The van der Waals surface area contributed by atoms with Crippen LogP contribution in [0, 0.1) is 19.7 Å². The Bertz CT molecular complexity index is 791. The zero-order valence-corrected chi connectivity index (χ0v) is 12.4. The molecule has 3 heteroatoms. The molecule has 1 aromatic heterocycles. The first-order valence-electron chi connectivity index (χ1n) is 7.02. The Morgan fingerprint density at radius 3 is 2.62 bits per heavy atom. The van der Waals surface area contributed by atoms with Crippen molar-refractivity contribution in [3.8, 4) is 0 Å². The van der Waals surface area contributed by atoms with Gasteiger partial charge in [0.25, 0.3) is 0 Å². The van der Waals surface area contributed by atoms with Crippen molar-refractivity contribution in [1.29, 1.82) is 0 Å². The first-order valence-corrected chi connectivity index (χ1v) is 7.02. The summed E-state index contributed by atoms with van der Waals surface area (Å²) < 4.78 is 19.4. The summed E-state index contributed by atoms with van der Waals surface area (Å²) in [6, 6.07) is 12.9. The van der Waals surface area contributed by atoms with Crippen LogP contribution in [0.25, 0.3) is 11.0 Å². The van der Waals surface area contributed by atoms with Crippen molar-refractivity contribution in [3.63, 3.8) is 0 Å². The summed E-state index contributed by atoms with van der Waals surface area (Å²) in [5.74, 6) is 0.596.